The number of fused-ring (bicyclic) bond motifs is 1. The van der Waals surface area contributed by atoms with Crippen LogP contribution in [0.5, 0.6) is 11.5 Å². The number of nitrogens with one attached hydrogen (secondary N) is 1. The molecule has 1 aliphatic rings. The molecule has 1 aliphatic heterocycles. The van der Waals surface area contributed by atoms with Crippen LogP contribution in [0.4, 0.5) is 0 Å². The Morgan fingerprint density at radius 2 is 2.04 bits per heavy atom. The summed E-state index contributed by atoms with van der Waals surface area (Å²) in [6.07, 6.45) is 3.43. The molecule has 3 rings (SSSR count). The first-order valence-electron chi connectivity index (χ1n) is 7.53. The molecule has 120 valence electrons. The van der Waals surface area contributed by atoms with Crippen LogP contribution in [0.2, 0.25) is 0 Å². The molecule has 1 unspecified atom stereocenters. The third-order valence-corrected chi connectivity index (χ3v) is 3.66. The summed E-state index contributed by atoms with van der Waals surface area (Å²) in [5.41, 5.74) is 1.23. The van der Waals surface area contributed by atoms with E-state index in [0.717, 1.165) is 17.7 Å². The van der Waals surface area contributed by atoms with Crippen LogP contribution in [-0.4, -0.2) is 19.1 Å². The summed E-state index contributed by atoms with van der Waals surface area (Å²) >= 11 is 0. The van der Waals surface area contributed by atoms with Gasteiger partial charge in [0.25, 0.3) is 5.91 Å². The van der Waals surface area contributed by atoms with E-state index in [1.54, 1.807) is 12.1 Å². The molecule has 0 aliphatic carbocycles. The quantitative estimate of drug-likeness (QED) is 0.694. The van der Waals surface area contributed by atoms with Crippen molar-refractivity contribution in [1.82, 2.24) is 5.32 Å². The highest BCUT2D eigenvalue weighted by atomic mass is 16.5. The molecule has 2 heterocycles. The molecule has 0 saturated carbocycles. The van der Waals surface area contributed by atoms with Gasteiger partial charge >= 0.3 is 0 Å². The molecule has 1 atom stereocenters. The van der Waals surface area contributed by atoms with Crippen LogP contribution < -0.4 is 19.5 Å². The first-order chi connectivity index (χ1) is 11.1. The summed E-state index contributed by atoms with van der Waals surface area (Å²) in [4.78, 5) is 12.2. The van der Waals surface area contributed by atoms with Gasteiger partial charge in [-0.15, -0.1) is 0 Å². The molecule has 2 aromatic rings. The van der Waals surface area contributed by atoms with E-state index in [-0.39, 0.29) is 11.9 Å². The zero-order valence-corrected chi connectivity index (χ0v) is 12.8. The lowest BCUT2D eigenvalue weighted by atomic mass is 10.1. The van der Waals surface area contributed by atoms with Gasteiger partial charge in [-0.2, -0.15) is 4.73 Å². The molecule has 1 aromatic carbocycles. The maximum Gasteiger partial charge on any atom is 0.257 e. The van der Waals surface area contributed by atoms with Gasteiger partial charge < -0.3 is 20.0 Å². The van der Waals surface area contributed by atoms with Crippen LogP contribution >= 0.6 is 0 Å². The molecule has 0 saturated heterocycles. The maximum absolute atomic E-state index is 12.2. The molecule has 23 heavy (non-hydrogen) atoms. The number of carbonyl (C=O) groups excluding carboxylic acids is 1. The lowest BCUT2D eigenvalue weighted by Crippen LogP contribution is -2.31. The van der Waals surface area contributed by atoms with Gasteiger partial charge in [0.2, 0.25) is 0 Å². The van der Waals surface area contributed by atoms with E-state index in [1.165, 1.54) is 12.4 Å². The van der Waals surface area contributed by atoms with E-state index in [1.807, 2.05) is 25.1 Å². The zero-order valence-electron chi connectivity index (χ0n) is 12.8. The molecular weight excluding hydrogens is 296 g/mol. The van der Waals surface area contributed by atoms with Crippen LogP contribution in [-0.2, 0) is 0 Å². The molecule has 0 bridgehead atoms. The highest BCUT2D eigenvalue weighted by Crippen LogP contribution is 2.32. The average molecular weight is 314 g/mol. The Balaban J connectivity index is 1.74. The van der Waals surface area contributed by atoms with Crippen LogP contribution in [0.1, 0.15) is 35.3 Å². The first-order valence-corrected chi connectivity index (χ1v) is 7.53. The molecule has 1 N–H and O–H groups in total. The first kappa shape index (κ1) is 15.1. The number of hydrogen-bond donors (Lipinski definition) is 1. The van der Waals surface area contributed by atoms with Crippen molar-refractivity contribution in [2.45, 2.75) is 19.4 Å². The predicted molar refractivity (Wildman–Crippen MR) is 83.3 cm³/mol. The number of carbonyl (C=O) groups is 1. The number of rotatable bonds is 3. The topological polar surface area (TPSA) is 74.5 Å². The Labute approximate surface area is 134 Å². The minimum atomic E-state index is -0.296. The van der Waals surface area contributed by atoms with Gasteiger partial charge in [0.1, 0.15) is 5.56 Å². The molecular formula is C17H18N2O4. The van der Waals surface area contributed by atoms with E-state index < -0.39 is 0 Å². The monoisotopic (exact) mass is 314 g/mol. The van der Waals surface area contributed by atoms with Crippen molar-refractivity contribution in [3.8, 4) is 11.5 Å². The van der Waals surface area contributed by atoms with Crippen molar-refractivity contribution < 1.29 is 19.0 Å². The smallest absolute Gasteiger partial charge is 0.257 e. The summed E-state index contributed by atoms with van der Waals surface area (Å²) in [6.45, 7) is 3.14. The molecule has 6 heteroatoms. The van der Waals surface area contributed by atoms with Crippen LogP contribution in [0.15, 0.2) is 42.7 Å². The summed E-state index contributed by atoms with van der Waals surface area (Å²) < 4.78 is 11.9. The van der Waals surface area contributed by atoms with E-state index in [0.29, 0.717) is 29.3 Å². The van der Waals surface area contributed by atoms with Gasteiger partial charge in [-0.05, 0) is 30.7 Å². The lowest BCUT2D eigenvalue weighted by molar-refractivity contribution is -0.605. The van der Waals surface area contributed by atoms with Gasteiger partial charge in [-0.25, -0.2) is 0 Å². The second-order valence-electron chi connectivity index (χ2n) is 5.40. The molecule has 1 aromatic heterocycles. The summed E-state index contributed by atoms with van der Waals surface area (Å²) in [6, 6.07) is 8.55. The number of nitrogens with zero attached hydrogens (tertiary/aromatic N) is 1. The summed E-state index contributed by atoms with van der Waals surface area (Å²) in [5.74, 6) is 1.12. The zero-order chi connectivity index (χ0) is 16.2. The number of pyridine rings is 1. The summed E-state index contributed by atoms with van der Waals surface area (Å²) in [5, 5.41) is 14.1. The third-order valence-electron chi connectivity index (χ3n) is 3.66. The van der Waals surface area contributed by atoms with Gasteiger partial charge in [0.15, 0.2) is 23.9 Å². The van der Waals surface area contributed by atoms with Gasteiger partial charge in [-0.1, -0.05) is 6.07 Å². The number of benzene rings is 1. The van der Waals surface area contributed by atoms with Crippen molar-refractivity contribution in [1.29, 1.82) is 0 Å². The fourth-order valence-electron chi connectivity index (χ4n) is 2.40. The van der Waals surface area contributed by atoms with Crippen LogP contribution in [0, 0.1) is 5.21 Å². The standard InChI is InChI=1S/C17H18N2O4/c1-12(18-17(20)14-4-2-7-19(21)11-14)13-5-6-15-16(10-13)23-9-3-8-22-15/h2,4-7,10-12H,3,8-9H2,1H3,(H,18,20). The summed E-state index contributed by atoms with van der Waals surface area (Å²) in [7, 11) is 0. The number of aromatic nitrogens is 1. The fraction of sp³-hybridized carbons (Fsp3) is 0.294. The maximum atomic E-state index is 12.2. The normalized spacial score (nSPS) is 14.7. The molecule has 1 amide bonds. The Kier molecular flexibility index (Phi) is 4.32. The molecule has 0 spiro atoms. The SMILES string of the molecule is CC(NC(=O)c1ccc[n+]([O-])c1)c1ccc2c(c1)OCCCO2. The number of hydrogen-bond acceptors (Lipinski definition) is 4. The van der Waals surface area contributed by atoms with E-state index in [2.05, 4.69) is 5.32 Å². The second kappa shape index (κ2) is 6.56. The van der Waals surface area contributed by atoms with Gasteiger partial charge in [0.05, 0.1) is 19.3 Å². The second-order valence-corrected chi connectivity index (χ2v) is 5.40. The lowest BCUT2D eigenvalue weighted by Gasteiger charge is -2.16. The highest BCUT2D eigenvalue weighted by Gasteiger charge is 2.16. The van der Waals surface area contributed by atoms with E-state index >= 15 is 0 Å². The predicted octanol–water partition coefficient (Wildman–Crippen LogP) is 1.97. The number of amides is 1. The Hall–Kier alpha value is -2.76. The van der Waals surface area contributed by atoms with E-state index in [9.17, 15) is 10.0 Å². The van der Waals surface area contributed by atoms with Crippen molar-refractivity contribution in [3.05, 3.63) is 59.1 Å². The number of ether oxygens (including phenoxy) is 2. The van der Waals surface area contributed by atoms with Crippen LogP contribution in [0.3, 0.4) is 0 Å². The molecule has 6 nitrogen and oxygen atoms in total. The van der Waals surface area contributed by atoms with Crippen LogP contribution in [0.25, 0.3) is 0 Å². The van der Waals surface area contributed by atoms with Crippen molar-refractivity contribution in [2.24, 2.45) is 0 Å². The minimum absolute atomic E-state index is 0.222. The van der Waals surface area contributed by atoms with Crippen molar-refractivity contribution >= 4 is 5.91 Å². The Morgan fingerprint density at radius 3 is 2.83 bits per heavy atom. The largest absolute Gasteiger partial charge is 0.619 e. The van der Waals surface area contributed by atoms with Gasteiger partial charge in [-0.3, -0.25) is 4.79 Å². The van der Waals surface area contributed by atoms with Crippen molar-refractivity contribution in [2.75, 3.05) is 13.2 Å². The minimum Gasteiger partial charge on any atom is -0.619 e. The van der Waals surface area contributed by atoms with Crippen molar-refractivity contribution in [3.63, 3.8) is 0 Å². The molecule has 0 radical (unpaired) electrons. The fourth-order valence-corrected chi connectivity index (χ4v) is 2.40. The highest BCUT2D eigenvalue weighted by molar-refractivity contribution is 5.93. The van der Waals surface area contributed by atoms with E-state index in [4.69, 9.17) is 9.47 Å². The Morgan fingerprint density at radius 1 is 1.26 bits per heavy atom. The average Bonchev–Trinajstić information content (AvgIpc) is 2.79. The third kappa shape index (κ3) is 3.53. The molecule has 0 fully saturated rings. The Bertz CT molecular complexity index is 717. The van der Waals surface area contributed by atoms with Gasteiger partial charge in [0, 0.05) is 12.5 Å².